The maximum Gasteiger partial charge on any atom is 0.184 e. The summed E-state index contributed by atoms with van der Waals surface area (Å²) in [4.78, 5) is 12.5. The SMILES string of the molecule is Cc1ccccc1C(C#N)C(=O)c1ccc(I)c(Cl)c1. The molecule has 0 N–H and O–H groups in total. The van der Waals surface area contributed by atoms with E-state index in [1.807, 2.05) is 31.2 Å². The highest BCUT2D eigenvalue weighted by molar-refractivity contribution is 14.1. The minimum absolute atomic E-state index is 0.222. The van der Waals surface area contributed by atoms with Gasteiger partial charge >= 0.3 is 0 Å². The van der Waals surface area contributed by atoms with Crippen LogP contribution in [0.25, 0.3) is 0 Å². The first-order chi connectivity index (χ1) is 9.54. The molecule has 0 aromatic heterocycles. The molecule has 0 fully saturated rings. The molecule has 0 radical (unpaired) electrons. The highest BCUT2D eigenvalue weighted by Gasteiger charge is 2.23. The van der Waals surface area contributed by atoms with E-state index in [-0.39, 0.29) is 5.78 Å². The van der Waals surface area contributed by atoms with Crippen LogP contribution in [0.3, 0.4) is 0 Å². The van der Waals surface area contributed by atoms with Gasteiger partial charge < -0.3 is 0 Å². The molecule has 2 rings (SSSR count). The molecule has 0 aliphatic heterocycles. The molecular weight excluding hydrogens is 385 g/mol. The predicted octanol–water partition coefficient (Wildman–Crippen LogP) is 4.74. The lowest BCUT2D eigenvalue weighted by Gasteiger charge is -2.12. The van der Waals surface area contributed by atoms with Gasteiger partial charge in [0.1, 0.15) is 5.92 Å². The third kappa shape index (κ3) is 3.02. The van der Waals surface area contributed by atoms with Crippen molar-refractivity contribution in [3.05, 3.63) is 67.7 Å². The molecule has 2 nitrogen and oxygen atoms in total. The van der Waals surface area contributed by atoms with E-state index in [2.05, 4.69) is 28.7 Å². The Bertz CT molecular complexity index is 706. The second-order valence-corrected chi connectivity index (χ2v) is 5.98. The number of carbonyl (C=O) groups is 1. The Morgan fingerprint density at radius 1 is 1.30 bits per heavy atom. The zero-order valence-electron chi connectivity index (χ0n) is 10.7. The van der Waals surface area contributed by atoms with Crippen molar-refractivity contribution in [2.75, 3.05) is 0 Å². The minimum atomic E-state index is -0.799. The molecule has 0 amide bonds. The lowest BCUT2D eigenvalue weighted by atomic mass is 9.89. The monoisotopic (exact) mass is 395 g/mol. The Hall–Kier alpha value is -1.38. The number of benzene rings is 2. The van der Waals surface area contributed by atoms with Gasteiger partial charge in [-0.1, -0.05) is 41.9 Å². The number of rotatable bonds is 3. The summed E-state index contributed by atoms with van der Waals surface area (Å²) in [6.45, 7) is 1.90. The van der Waals surface area contributed by atoms with Crippen molar-refractivity contribution in [3.63, 3.8) is 0 Å². The lowest BCUT2D eigenvalue weighted by Crippen LogP contribution is -2.12. The van der Waals surface area contributed by atoms with Crippen molar-refractivity contribution in [3.8, 4) is 6.07 Å². The maximum atomic E-state index is 12.5. The Morgan fingerprint density at radius 3 is 2.60 bits per heavy atom. The number of nitrogens with zero attached hydrogens (tertiary/aromatic N) is 1. The number of ketones is 1. The first-order valence-corrected chi connectivity index (χ1v) is 7.44. The van der Waals surface area contributed by atoms with Crippen LogP contribution in [-0.2, 0) is 0 Å². The van der Waals surface area contributed by atoms with Crippen LogP contribution < -0.4 is 0 Å². The number of hydrogen-bond acceptors (Lipinski definition) is 2. The largest absolute Gasteiger partial charge is 0.292 e. The fourth-order valence-electron chi connectivity index (χ4n) is 2.00. The second kappa shape index (κ2) is 6.38. The molecule has 0 spiro atoms. The van der Waals surface area contributed by atoms with Gasteiger partial charge in [-0.2, -0.15) is 5.26 Å². The number of carbonyl (C=O) groups excluding carboxylic acids is 1. The molecular formula is C16H11ClINO. The summed E-state index contributed by atoms with van der Waals surface area (Å²) >= 11 is 8.14. The molecule has 2 aromatic carbocycles. The fourth-order valence-corrected chi connectivity index (χ4v) is 2.51. The Labute approximate surface area is 136 Å². The third-order valence-electron chi connectivity index (χ3n) is 3.09. The molecule has 1 unspecified atom stereocenters. The topological polar surface area (TPSA) is 40.9 Å². The van der Waals surface area contributed by atoms with Crippen molar-refractivity contribution in [1.29, 1.82) is 5.26 Å². The van der Waals surface area contributed by atoms with Crippen LogP contribution in [0.4, 0.5) is 0 Å². The van der Waals surface area contributed by atoms with E-state index in [1.165, 1.54) is 0 Å². The van der Waals surface area contributed by atoms with Crippen molar-refractivity contribution < 1.29 is 4.79 Å². The van der Waals surface area contributed by atoms with E-state index in [9.17, 15) is 10.1 Å². The summed E-state index contributed by atoms with van der Waals surface area (Å²) < 4.78 is 0.880. The highest BCUT2D eigenvalue weighted by atomic mass is 127. The summed E-state index contributed by atoms with van der Waals surface area (Å²) in [5.74, 6) is -1.02. The summed E-state index contributed by atoms with van der Waals surface area (Å²) in [7, 11) is 0. The van der Waals surface area contributed by atoms with Gasteiger partial charge in [-0.15, -0.1) is 0 Å². The summed E-state index contributed by atoms with van der Waals surface area (Å²) in [6, 6.07) is 14.6. The summed E-state index contributed by atoms with van der Waals surface area (Å²) in [5, 5.41) is 9.88. The van der Waals surface area contributed by atoms with Crippen molar-refractivity contribution >= 4 is 40.0 Å². The van der Waals surface area contributed by atoms with Gasteiger partial charge in [0.15, 0.2) is 5.78 Å². The van der Waals surface area contributed by atoms with E-state index < -0.39 is 5.92 Å². The number of aryl methyl sites for hydroxylation is 1. The van der Waals surface area contributed by atoms with E-state index >= 15 is 0 Å². The Morgan fingerprint density at radius 2 is 2.00 bits per heavy atom. The molecule has 0 saturated heterocycles. The fraction of sp³-hybridized carbons (Fsp3) is 0.125. The number of nitriles is 1. The molecule has 0 bridgehead atoms. The number of Topliss-reactive ketones (excluding diaryl/α,β-unsaturated/α-hetero) is 1. The zero-order chi connectivity index (χ0) is 14.7. The van der Waals surface area contributed by atoms with Gasteiger partial charge in [-0.25, -0.2) is 0 Å². The van der Waals surface area contributed by atoms with Crippen molar-refractivity contribution in [2.24, 2.45) is 0 Å². The average molecular weight is 396 g/mol. The number of hydrogen-bond donors (Lipinski definition) is 0. The van der Waals surface area contributed by atoms with Crippen LogP contribution in [0.2, 0.25) is 5.02 Å². The van der Waals surface area contributed by atoms with Crippen LogP contribution in [0.1, 0.15) is 27.4 Å². The van der Waals surface area contributed by atoms with Gasteiger partial charge in [0.25, 0.3) is 0 Å². The third-order valence-corrected chi connectivity index (χ3v) is 4.67. The summed E-state index contributed by atoms with van der Waals surface area (Å²) in [5.41, 5.74) is 2.14. The van der Waals surface area contributed by atoms with Gasteiger partial charge in [0.2, 0.25) is 0 Å². The van der Waals surface area contributed by atoms with E-state index in [1.54, 1.807) is 18.2 Å². The van der Waals surface area contributed by atoms with E-state index in [0.717, 1.165) is 14.7 Å². The molecule has 20 heavy (non-hydrogen) atoms. The second-order valence-electron chi connectivity index (χ2n) is 4.41. The Balaban J connectivity index is 2.42. The van der Waals surface area contributed by atoms with Crippen LogP contribution in [0.5, 0.6) is 0 Å². The maximum absolute atomic E-state index is 12.5. The van der Waals surface area contributed by atoms with Gasteiger partial charge in [-0.05, 0) is 52.8 Å². The normalized spacial score (nSPS) is 11.7. The molecule has 0 heterocycles. The molecule has 0 aliphatic rings. The standard InChI is InChI=1S/C16H11ClINO/c1-10-4-2-3-5-12(10)13(9-19)16(20)11-6-7-15(18)14(17)8-11/h2-8,13H,1H3. The smallest absolute Gasteiger partial charge is 0.184 e. The summed E-state index contributed by atoms with van der Waals surface area (Å²) in [6.07, 6.45) is 0. The first-order valence-electron chi connectivity index (χ1n) is 5.99. The first kappa shape index (κ1) is 15.0. The average Bonchev–Trinajstić information content (AvgIpc) is 2.44. The molecule has 2 aromatic rings. The van der Waals surface area contributed by atoms with E-state index in [4.69, 9.17) is 11.6 Å². The van der Waals surface area contributed by atoms with Crippen LogP contribution in [0, 0.1) is 21.8 Å². The molecule has 1 atom stereocenters. The van der Waals surface area contributed by atoms with Gasteiger partial charge in [0.05, 0.1) is 11.1 Å². The quantitative estimate of drug-likeness (QED) is 0.556. The number of halogens is 2. The van der Waals surface area contributed by atoms with Crippen molar-refractivity contribution in [2.45, 2.75) is 12.8 Å². The Kier molecular flexibility index (Phi) is 4.79. The minimum Gasteiger partial charge on any atom is -0.292 e. The van der Waals surface area contributed by atoms with Crippen LogP contribution >= 0.6 is 34.2 Å². The van der Waals surface area contributed by atoms with Crippen LogP contribution in [0.15, 0.2) is 42.5 Å². The predicted molar refractivity (Wildman–Crippen MR) is 88.0 cm³/mol. The highest BCUT2D eigenvalue weighted by Crippen LogP contribution is 2.26. The zero-order valence-corrected chi connectivity index (χ0v) is 13.6. The van der Waals surface area contributed by atoms with Gasteiger partial charge in [0, 0.05) is 9.13 Å². The molecule has 100 valence electrons. The van der Waals surface area contributed by atoms with Gasteiger partial charge in [-0.3, -0.25) is 4.79 Å². The van der Waals surface area contributed by atoms with E-state index in [0.29, 0.717) is 10.6 Å². The van der Waals surface area contributed by atoms with Crippen LogP contribution in [-0.4, -0.2) is 5.78 Å². The molecule has 4 heteroatoms. The lowest BCUT2D eigenvalue weighted by molar-refractivity contribution is 0.0978. The molecule has 0 aliphatic carbocycles. The van der Waals surface area contributed by atoms with Crippen molar-refractivity contribution in [1.82, 2.24) is 0 Å². The molecule has 0 saturated carbocycles.